The summed E-state index contributed by atoms with van der Waals surface area (Å²) in [6.07, 6.45) is 3.48. The number of hydrogen-bond donors (Lipinski definition) is 0. The zero-order valence-electron chi connectivity index (χ0n) is 18.0. The van der Waals surface area contributed by atoms with Crippen molar-refractivity contribution in [2.24, 2.45) is 7.05 Å². The zero-order chi connectivity index (χ0) is 21.4. The summed E-state index contributed by atoms with van der Waals surface area (Å²) in [6, 6.07) is 1.97. The van der Waals surface area contributed by atoms with Crippen molar-refractivity contribution in [3.63, 3.8) is 0 Å². The Kier molecular flexibility index (Phi) is 5.15. The van der Waals surface area contributed by atoms with Crippen LogP contribution in [0.3, 0.4) is 0 Å². The smallest absolute Gasteiger partial charge is 0.261 e. The third-order valence-electron chi connectivity index (χ3n) is 5.42. The first-order chi connectivity index (χ1) is 14.4. The molecular formula is C20H26N8O2. The van der Waals surface area contributed by atoms with E-state index in [9.17, 15) is 4.79 Å². The Balaban J connectivity index is 1.50. The lowest BCUT2D eigenvalue weighted by molar-refractivity contribution is 0.0743. The molecule has 4 rings (SSSR count). The van der Waals surface area contributed by atoms with Gasteiger partial charge in [0.2, 0.25) is 5.88 Å². The van der Waals surface area contributed by atoms with Crippen molar-refractivity contribution in [3.8, 4) is 11.7 Å². The van der Waals surface area contributed by atoms with E-state index in [0.717, 1.165) is 23.0 Å². The lowest BCUT2D eigenvalue weighted by Gasteiger charge is -2.35. The van der Waals surface area contributed by atoms with Crippen LogP contribution in [0.5, 0.6) is 5.88 Å². The maximum absolute atomic E-state index is 12.9. The summed E-state index contributed by atoms with van der Waals surface area (Å²) in [5.41, 5.74) is 2.52. The van der Waals surface area contributed by atoms with E-state index in [-0.39, 0.29) is 5.91 Å². The molecule has 4 heterocycles. The average molecular weight is 410 g/mol. The van der Waals surface area contributed by atoms with Crippen molar-refractivity contribution < 1.29 is 9.53 Å². The van der Waals surface area contributed by atoms with E-state index in [0.29, 0.717) is 43.4 Å². The molecule has 0 radical (unpaired) electrons. The molecule has 0 aromatic carbocycles. The minimum atomic E-state index is -0.0660. The second kappa shape index (κ2) is 7.77. The van der Waals surface area contributed by atoms with Crippen molar-refractivity contribution in [1.82, 2.24) is 34.2 Å². The Bertz CT molecular complexity index is 1080. The molecule has 0 saturated carbocycles. The van der Waals surface area contributed by atoms with Crippen LogP contribution in [0.2, 0.25) is 0 Å². The summed E-state index contributed by atoms with van der Waals surface area (Å²) in [5.74, 6) is 2.64. The molecule has 158 valence electrons. The van der Waals surface area contributed by atoms with Crippen LogP contribution in [0.4, 0.5) is 5.82 Å². The fraction of sp³-hybridized carbons (Fsp3) is 0.450. The van der Waals surface area contributed by atoms with Crippen molar-refractivity contribution in [3.05, 3.63) is 41.4 Å². The van der Waals surface area contributed by atoms with Gasteiger partial charge in [-0.3, -0.25) is 14.0 Å². The third-order valence-corrected chi connectivity index (χ3v) is 5.42. The van der Waals surface area contributed by atoms with Gasteiger partial charge in [-0.1, -0.05) is 0 Å². The van der Waals surface area contributed by atoms with Crippen LogP contribution >= 0.6 is 0 Å². The Morgan fingerprint density at radius 2 is 1.77 bits per heavy atom. The Morgan fingerprint density at radius 1 is 1.07 bits per heavy atom. The molecule has 1 saturated heterocycles. The molecule has 3 aromatic rings. The van der Waals surface area contributed by atoms with Gasteiger partial charge in [0.05, 0.1) is 12.8 Å². The van der Waals surface area contributed by atoms with E-state index in [1.54, 1.807) is 24.3 Å². The van der Waals surface area contributed by atoms with Crippen molar-refractivity contribution in [1.29, 1.82) is 0 Å². The number of imidazole rings is 1. The summed E-state index contributed by atoms with van der Waals surface area (Å²) in [5, 5.41) is 4.18. The normalized spacial score (nSPS) is 14.3. The molecule has 1 aliphatic heterocycles. The van der Waals surface area contributed by atoms with Crippen molar-refractivity contribution in [2.75, 3.05) is 38.2 Å². The Labute approximate surface area is 175 Å². The van der Waals surface area contributed by atoms with Crippen molar-refractivity contribution in [2.45, 2.75) is 20.8 Å². The number of carbonyl (C=O) groups is 1. The highest BCUT2D eigenvalue weighted by Crippen LogP contribution is 2.22. The molecule has 10 heteroatoms. The first-order valence-corrected chi connectivity index (χ1v) is 9.86. The highest BCUT2D eigenvalue weighted by Gasteiger charge is 2.27. The minimum Gasteiger partial charge on any atom is -0.479 e. The van der Waals surface area contributed by atoms with Crippen LogP contribution in [0.1, 0.15) is 27.6 Å². The zero-order valence-corrected chi connectivity index (χ0v) is 18.0. The lowest BCUT2D eigenvalue weighted by Crippen LogP contribution is -2.49. The molecule has 0 spiro atoms. The van der Waals surface area contributed by atoms with Gasteiger partial charge in [-0.05, 0) is 20.8 Å². The number of carbonyl (C=O) groups excluding carboxylic acids is 1. The number of amides is 1. The predicted octanol–water partition coefficient (Wildman–Crippen LogP) is 1.29. The number of rotatable bonds is 4. The molecule has 1 aliphatic rings. The van der Waals surface area contributed by atoms with E-state index in [2.05, 4.69) is 25.0 Å². The fourth-order valence-corrected chi connectivity index (χ4v) is 3.63. The molecule has 30 heavy (non-hydrogen) atoms. The van der Waals surface area contributed by atoms with Gasteiger partial charge in [0.25, 0.3) is 5.91 Å². The van der Waals surface area contributed by atoms with Crippen LogP contribution in [0.15, 0.2) is 18.6 Å². The number of ether oxygens (including phenoxy) is 1. The second-order valence-corrected chi connectivity index (χ2v) is 7.42. The Morgan fingerprint density at radius 3 is 2.40 bits per heavy atom. The molecule has 10 nitrogen and oxygen atoms in total. The lowest BCUT2D eigenvalue weighted by atomic mass is 10.2. The first kappa shape index (κ1) is 19.9. The summed E-state index contributed by atoms with van der Waals surface area (Å²) < 4.78 is 8.80. The van der Waals surface area contributed by atoms with E-state index >= 15 is 0 Å². The van der Waals surface area contributed by atoms with E-state index in [1.165, 1.54) is 7.11 Å². The first-order valence-electron chi connectivity index (χ1n) is 9.86. The van der Waals surface area contributed by atoms with Gasteiger partial charge < -0.3 is 14.5 Å². The molecular weight excluding hydrogens is 384 g/mol. The number of aryl methyl sites for hydroxylation is 3. The predicted molar refractivity (Wildman–Crippen MR) is 111 cm³/mol. The van der Waals surface area contributed by atoms with Crippen LogP contribution in [-0.2, 0) is 7.05 Å². The van der Waals surface area contributed by atoms with E-state index in [4.69, 9.17) is 4.74 Å². The third kappa shape index (κ3) is 3.60. The van der Waals surface area contributed by atoms with Crippen LogP contribution in [0, 0.1) is 20.8 Å². The van der Waals surface area contributed by atoms with E-state index in [1.807, 2.05) is 36.3 Å². The van der Waals surface area contributed by atoms with Crippen molar-refractivity contribution >= 4 is 11.7 Å². The standard InChI is InChI=1S/C20H26N8O2/c1-13-14(2)28(12-21-13)18-10-17(22-15(3)23-18)26-6-8-27(9-7-26)20(29)16-11-25(4)24-19(16)30-5/h10-12H,6-9H2,1-5H3. The summed E-state index contributed by atoms with van der Waals surface area (Å²) in [4.78, 5) is 30.5. The maximum atomic E-state index is 12.9. The van der Waals surface area contributed by atoms with Gasteiger partial charge in [0.1, 0.15) is 29.4 Å². The maximum Gasteiger partial charge on any atom is 0.261 e. The minimum absolute atomic E-state index is 0.0660. The molecule has 0 N–H and O–H groups in total. The number of methoxy groups -OCH3 is 1. The highest BCUT2D eigenvalue weighted by atomic mass is 16.5. The van der Waals surface area contributed by atoms with Crippen LogP contribution in [-0.4, -0.2) is 73.4 Å². The molecule has 0 aliphatic carbocycles. The van der Waals surface area contributed by atoms with E-state index < -0.39 is 0 Å². The number of nitrogens with zero attached hydrogens (tertiary/aromatic N) is 8. The SMILES string of the molecule is COc1nn(C)cc1C(=O)N1CCN(c2cc(-n3cnc(C)c3C)nc(C)n2)CC1. The van der Waals surface area contributed by atoms with Gasteiger partial charge in [-0.15, -0.1) is 5.10 Å². The van der Waals surface area contributed by atoms with Crippen LogP contribution < -0.4 is 9.64 Å². The van der Waals surface area contributed by atoms with Gasteiger partial charge in [-0.2, -0.15) is 0 Å². The van der Waals surface area contributed by atoms with Gasteiger partial charge in [-0.25, -0.2) is 15.0 Å². The Hall–Kier alpha value is -3.43. The number of anilines is 1. The van der Waals surface area contributed by atoms with Gasteiger partial charge in [0, 0.05) is 51.2 Å². The number of piperazine rings is 1. The largest absolute Gasteiger partial charge is 0.479 e. The van der Waals surface area contributed by atoms with Crippen LogP contribution in [0.25, 0.3) is 5.82 Å². The number of hydrogen-bond acceptors (Lipinski definition) is 7. The quantitative estimate of drug-likeness (QED) is 0.640. The topological polar surface area (TPSA) is 94.2 Å². The average Bonchev–Trinajstić information content (AvgIpc) is 3.29. The summed E-state index contributed by atoms with van der Waals surface area (Å²) in [6.45, 7) is 8.46. The van der Waals surface area contributed by atoms with Gasteiger partial charge in [0.15, 0.2) is 0 Å². The molecule has 0 bridgehead atoms. The molecule has 1 amide bonds. The molecule has 3 aromatic heterocycles. The molecule has 0 unspecified atom stereocenters. The molecule has 1 fully saturated rings. The summed E-state index contributed by atoms with van der Waals surface area (Å²) >= 11 is 0. The number of aromatic nitrogens is 6. The van der Waals surface area contributed by atoms with Gasteiger partial charge >= 0.3 is 0 Å². The second-order valence-electron chi connectivity index (χ2n) is 7.42. The monoisotopic (exact) mass is 410 g/mol. The summed E-state index contributed by atoms with van der Waals surface area (Å²) in [7, 11) is 3.30. The fourth-order valence-electron chi connectivity index (χ4n) is 3.63. The molecule has 0 atom stereocenters. The highest BCUT2D eigenvalue weighted by molar-refractivity contribution is 5.96.